The Bertz CT molecular complexity index is 1330. The van der Waals surface area contributed by atoms with Crippen LogP contribution in [-0.2, 0) is 27.1 Å². The summed E-state index contributed by atoms with van der Waals surface area (Å²) in [7, 11) is 2.89. The number of rotatable bonds is 8. The molecule has 2 fully saturated rings. The average Bonchev–Trinajstić information content (AvgIpc) is 3.32. The fourth-order valence-electron chi connectivity index (χ4n) is 5.88. The highest BCUT2D eigenvalue weighted by molar-refractivity contribution is 5.81. The van der Waals surface area contributed by atoms with Crippen LogP contribution in [0.5, 0.6) is 23.0 Å². The number of aliphatic hydroxyl groups excluding tert-OH is 6. The molecule has 5 rings (SSSR count). The molecular weight excluding hydrogens is 592 g/mol. The van der Waals surface area contributed by atoms with Crippen LogP contribution in [0.1, 0.15) is 30.4 Å². The molecule has 0 spiro atoms. The summed E-state index contributed by atoms with van der Waals surface area (Å²) in [5.74, 6) is 0.690. The Morgan fingerprint density at radius 2 is 1.47 bits per heavy atom. The summed E-state index contributed by atoms with van der Waals surface area (Å²) in [6.45, 7) is -0.970. The SMILES string of the molecule is COc1c2cc(c(O[C@@H]3O[C@H](CO[C@@H]4O[C@@H](CO)[C@H](O)[C@H]4O)[C@@H](O)[C@H](O)[C@H]3O)c1OC)CCCC/C=C/Cc1ccc(O)c-2c1. The van der Waals surface area contributed by atoms with Gasteiger partial charge in [0.15, 0.2) is 17.8 Å². The Morgan fingerprint density at radius 1 is 0.756 bits per heavy atom. The van der Waals surface area contributed by atoms with Crippen LogP contribution >= 0.6 is 0 Å². The molecule has 4 bridgehead atoms. The minimum Gasteiger partial charge on any atom is -0.507 e. The molecule has 45 heavy (non-hydrogen) atoms. The summed E-state index contributed by atoms with van der Waals surface area (Å²) in [6, 6.07) is 7.22. The zero-order chi connectivity index (χ0) is 32.2. The fourth-order valence-corrected chi connectivity index (χ4v) is 5.88. The molecule has 0 amide bonds. The van der Waals surface area contributed by atoms with Crippen LogP contribution in [0.25, 0.3) is 11.1 Å². The quantitative estimate of drug-likeness (QED) is 0.199. The number of hydrogen-bond acceptors (Lipinski definition) is 13. The number of ether oxygens (including phenoxy) is 6. The van der Waals surface area contributed by atoms with Gasteiger partial charge in [0.2, 0.25) is 12.0 Å². The number of benzene rings is 2. The van der Waals surface area contributed by atoms with Crippen molar-refractivity contribution in [3.8, 4) is 34.1 Å². The Hall–Kier alpha value is -2.98. The van der Waals surface area contributed by atoms with E-state index in [2.05, 4.69) is 12.2 Å². The van der Waals surface area contributed by atoms with Gasteiger partial charge in [-0.3, -0.25) is 0 Å². The Kier molecular flexibility index (Phi) is 10.9. The van der Waals surface area contributed by atoms with Crippen LogP contribution in [0.4, 0.5) is 0 Å². The minimum absolute atomic E-state index is 0.0535. The Labute approximate surface area is 260 Å². The van der Waals surface area contributed by atoms with Gasteiger partial charge in [-0.05, 0) is 61.4 Å². The van der Waals surface area contributed by atoms with Crippen LogP contribution in [0.3, 0.4) is 0 Å². The molecule has 2 aromatic carbocycles. The molecule has 248 valence electrons. The summed E-state index contributed by atoms with van der Waals surface area (Å²) in [5.41, 5.74) is 2.78. The van der Waals surface area contributed by atoms with Crippen molar-refractivity contribution in [1.82, 2.24) is 0 Å². The number of aliphatic hydroxyl groups is 6. The summed E-state index contributed by atoms with van der Waals surface area (Å²) < 4.78 is 34.5. The lowest BCUT2D eigenvalue weighted by Crippen LogP contribution is -2.60. The molecule has 2 heterocycles. The van der Waals surface area contributed by atoms with Gasteiger partial charge in [0.1, 0.15) is 48.5 Å². The number of aryl methyl sites for hydroxylation is 1. The summed E-state index contributed by atoms with van der Waals surface area (Å²) >= 11 is 0. The number of phenolic OH excluding ortho intramolecular Hbond substituents is 1. The number of fused-ring (bicyclic) bond motifs is 5. The third kappa shape index (κ3) is 6.92. The molecule has 0 radical (unpaired) electrons. The van der Waals surface area contributed by atoms with E-state index in [0.29, 0.717) is 29.5 Å². The van der Waals surface area contributed by atoms with Crippen molar-refractivity contribution in [3.63, 3.8) is 0 Å². The number of allylic oxidation sites excluding steroid dienone is 2. The monoisotopic (exact) mass is 634 g/mol. The molecule has 7 N–H and O–H groups in total. The van der Waals surface area contributed by atoms with E-state index in [4.69, 9.17) is 28.4 Å². The smallest absolute Gasteiger partial charge is 0.229 e. The molecule has 3 aliphatic rings. The van der Waals surface area contributed by atoms with E-state index in [1.165, 1.54) is 14.2 Å². The minimum atomic E-state index is -1.70. The van der Waals surface area contributed by atoms with E-state index in [1.54, 1.807) is 6.07 Å². The molecule has 13 heteroatoms. The van der Waals surface area contributed by atoms with Crippen LogP contribution in [0.15, 0.2) is 36.4 Å². The first-order valence-corrected chi connectivity index (χ1v) is 15.0. The van der Waals surface area contributed by atoms with Crippen LogP contribution in [0.2, 0.25) is 0 Å². The number of phenols is 1. The standard InChI is InChI=1S/C32H42O13/c1-40-29-19-13-17(9-7-5-3-4-6-8-16-10-11-20(34)18(19)12-16)28(30(29)41-2)45-32-27(39)25(37)24(36)22(44-32)15-42-31-26(38)23(35)21(14-33)43-31/h4,6,10-13,21-27,31-39H,3,5,7-9,14-15H2,1-2H3/b6-4+/t21-,22+,23-,24+,25-,26+,27+,31+,32-/m0/s1. The van der Waals surface area contributed by atoms with Crippen LogP contribution in [-0.4, -0.2) is 118 Å². The van der Waals surface area contributed by atoms with Gasteiger partial charge in [0.05, 0.1) is 27.4 Å². The van der Waals surface area contributed by atoms with Gasteiger partial charge in [-0.2, -0.15) is 0 Å². The number of aromatic hydroxyl groups is 1. The maximum absolute atomic E-state index is 10.9. The second-order valence-electron chi connectivity index (χ2n) is 11.4. The fraction of sp³-hybridized carbons (Fsp3) is 0.562. The number of hydrogen-bond donors (Lipinski definition) is 7. The van der Waals surface area contributed by atoms with Gasteiger partial charge < -0.3 is 64.2 Å². The van der Waals surface area contributed by atoms with Crippen molar-refractivity contribution in [3.05, 3.63) is 47.5 Å². The van der Waals surface area contributed by atoms with Gasteiger partial charge in [-0.25, -0.2) is 0 Å². The maximum Gasteiger partial charge on any atom is 0.229 e. The zero-order valence-corrected chi connectivity index (χ0v) is 25.2. The van der Waals surface area contributed by atoms with E-state index in [-0.39, 0.29) is 23.0 Å². The van der Waals surface area contributed by atoms with Gasteiger partial charge in [0, 0.05) is 11.1 Å². The average molecular weight is 635 g/mol. The van der Waals surface area contributed by atoms with E-state index in [0.717, 1.165) is 24.8 Å². The topological polar surface area (TPSA) is 197 Å². The normalized spacial score (nSPS) is 32.6. The zero-order valence-electron chi connectivity index (χ0n) is 25.2. The van der Waals surface area contributed by atoms with Crippen LogP contribution < -0.4 is 14.2 Å². The van der Waals surface area contributed by atoms with Crippen molar-refractivity contribution in [2.75, 3.05) is 27.4 Å². The van der Waals surface area contributed by atoms with E-state index < -0.39 is 68.5 Å². The second-order valence-corrected chi connectivity index (χ2v) is 11.4. The van der Waals surface area contributed by atoms with E-state index >= 15 is 0 Å². The lowest BCUT2D eigenvalue weighted by Gasteiger charge is -2.40. The van der Waals surface area contributed by atoms with Gasteiger partial charge in [-0.15, -0.1) is 0 Å². The van der Waals surface area contributed by atoms with Crippen molar-refractivity contribution in [2.45, 2.75) is 87.4 Å². The molecule has 2 aliphatic heterocycles. The van der Waals surface area contributed by atoms with Gasteiger partial charge in [-0.1, -0.05) is 18.2 Å². The van der Waals surface area contributed by atoms with E-state index in [1.807, 2.05) is 18.2 Å². The summed E-state index contributed by atoms with van der Waals surface area (Å²) in [5, 5.41) is 72.7. The molecule has 0 saturated carbocycles. The van der Waals surface area contributed by atoms with Crippen LogP contribution in [0, 0.1) is 0 Å². The predicted molar refractivity (Wildman–Crippen MR) is 158 cm³/mol. The molecule has 1 aliphatic carbocycles. The van der Waals surface area contributed by atoms with Gasteiger partial charge >= 0.3 is 0 Å². The number of methoxy groups -OCH3 is 2. The largest absolute Gasteiger partial charge is 0.507 e. The molecule has 2 saturated heterocycles. The Morgan fingerprint density at radius 3 is 2.18 bits per heavy atom. The molecule has 9 atom stereocenters. The predicted octanol–water partition coefficient (Wildman–Crippen LogP) is 0.543. The summed E-state index contributed by atoms with van der Waals surface area (Å²) in [4.78, 5) is 0. The first-order chi connectivity index (χ1) is 21.7. The second kappa shape index (κ2) is 14.6. The molecule has 0 aromatic heterocycles. The highest BCUT2D eigenvalue weighted by Crippen LogP contribution is 2.50. The van der Waals surface area contributed by atoms with Crippen molar-refractivity contribution >= 4 is 0 Å². The third-order valence-corrected chi connectivity index (χ3v) is 8.44. The highest BCUT2D eigenvalue weighted by Gasteiger charge is 2.48. The lowest BCUT2D eigenvalue weighted by atomic mass is 9.95. The van der Waals surface area contributed by atoms with Gasteiger partial charge in [0.25, 0.3) is 0 Å². The van der Waals surface area contributed by atoms with E-state index in [9.17, 15) is 35.7 Å². The molecular formula is C32H42O13. The highest BCUT2D eigenvalue weighted by atomic mass is 16.7. The first kappa shape index (κ1) is 33.4. The van der Waals surface area contributed by atoms with Crippen molar-refractivity contribution in [1.29, 1.82) is 0 Å². The Balaban J connectivity index is 1.46. The third-order valence-electron chi connectivity index (χ3n) is 8.44. The maximum atomic E-state index is 10.9. The van der Waals surface area contributed by atoms with Crippen molar-refractivity contribution in [2.24, 2.45) is 0 Å². The summed E-state index contributed by atoms with van der Waals surface area (Å²) in [6.07, 6.45) is -5.02. The molecule has 13 nitrogen and oxygen atoms in total. The molecule has 0 unspecified atom stereocenters. The molecule has 2 aromatic rings. The first-order valence-electron chi connectivity index (χ1n) is 15.0. The van der Waals surface area contributed by atoms with Crippen molar-refractivity contribution < 1.29 is 64.2 Å². The lowest BCUT2D eigenvalue weighted by molar-refractivity contribution is -0.290.